The summed E-state index contributed by atoms with van der Waals surface area (Å²) < 4.78 is 0. The topological polar surface area (TPSA) is 110 Å². The van der Waals surface area contributed by atoms with Crippen LogP contribution in [0.2, 0.25) is 0 Å². The Hall–Kier alpha value is -0.690. The number of aliphatic hydroxyl groups is 3. The van der Waals surface area contributed by atoms with E-state index in [0.29, 0.717) is 25.2 Å². The average Bonchev–Trinajstić information content (AvgIpc) is 3.16. The van der Waals surface area contributed by atoms with E-state index in [1.54, 1.807) is 0 Å². The predicted octanol–water partition coefficient (Wildman–Crippen LogP) is 5.03. The second-order valence-corrected chi connectivity index (χ2v) is 10.5. The maximum Gasteiger partial charge on any atom is 0.309 e. The van der Waals surface area contributed by atoms with Crippen molar-refractivity contribution in [2.45, 2.75) is 141 Å². The number of nitrogens with one attached hydrogen (secondary N) is 1. The minimum absolute atomic E-state index is 0.209. The monoisotopic (exact) mass is 471 g/mol. The lowest BCUT2D eigenvalue weighted by Crippen LogP contribution is -2.33. The molecule has 0 heterocycles. The second-order valence-electron chi connectivity index (χ2n) is 10.5. The van der Waals surface area contributed by atoms with Crippen LogP contribution in [0.15, 0.2) is 0 Å². The number of carboxylic acids is 1. The van der Waals surface area contributed by atoms with E-state index in [2.05, 4.69) is 19.2 Å². The lowest BCUT2D eigenvalue weighted by atomic mass is 9.87. The van der Waals surface area contributed by atoms with Gasteiger partial charge in [-0.25, -0.2) is 0 Å². The maximum absolute atomic E-state index is 11.7. The first-order chi connectivity index (χ1) is 15.8. The van der Waals surface area contributed by atoms with E-state index in [-0.39, 0.29) is 6.10 Å². The van der Waals surface area contributed by atoms with Crippen LogP contribution in [-0.2, 0) is 4.79 Å². The van der Waals surface area contributed by atoms with Crippen LogP contribution >= 0.6 is 0 Å². The molecule has 0 aromatic carbocycles. The van der Waals surface area contributed by atoms with Gasteiger partial charge in [-0.05, 0) is 70.4 Å². The smallest absolute Gasteiger partial charge is 0.309 e. The first kappa shape index (κ1) is 30.3. The van der Waals surface area contributed by atoms with Crippen molar-refractivity contribution in [1.82, 2.24) is 5.32 Å². The normalized spacial score (nSPS) is 23.5. The third-order valence-electron chi connectivity index (χ3n) is 7.50. The molecule has 1 aliphatic rings. The molecule has 33 heavy (non-hydrogen) atoms. The highest BCUT2D eigenvalue weighted by atomic mass is 16.4. The second kappa shape index (κ2) is 17.7. The summed E-state index contributed by atoms with van der Waals surface area (Å²) in [7, 11) is 0. The van der Waals surface area contributed by atoms with Crippen molar-refractivity contribution in [3.63, 3.8) is 0 Å². The highest BCUT2D eigenvalue weighted by Crippen LogP contribution is 2.38. The van der Waals surface area contributed by atoms with E-state index < -0.39 is 23.6 Å². The summed E-state index contributed by atoms with van der Waals surface area (Å²) in [4.78, 5) is 11.7. The number of carboxylic acid groups (broad SMARTS) is 1. The van der Waals surface area contributed by atoms with Gasteiger partial charge in [0.2, 0.25) is 0 Å². The fourth-order valence-electron chi connectivity index (χ4n) is 5.29. The Morgan fingerprint density at radius 1 is 0.939 bits per heavy atom. The fraction of sp³-hybridized carbons (Fsp3) is 0.963. The van der Waals surface area contributed by atoms with Gasteiger partial charge in [-0.1, -0.05) is 71.6 Å². The Labute approximate surface area is 202 Å². The SMILES string of the molecule is CCCCCCC[C@H](O)CCCCCC[C@H](C(=O)O)[C@H](O)CC[C@]1(O)CC[C@@H](CNCC)C1. The molecule has 1 fully saturated rings. The Kier molecular flexibility index (Phi) is 16.3. The van der Waals surface area contributed by atoms with Gasteiger partial charge in [-0.15, -0.1) is 0 Å². The summed E-state index contributed by atoms with van der Waals surface area (Å²) in [6.07, 6.45) is 14.1. The van der Waals surface area contributed by atoms with Crippen molar-refractivity contribution in [3.05, 3.63) is 0 Å². The van der Waals surface area contributed by atoms with Gasteiger partial charge in [-0.3, -0.25) is 4.79 Å². The number of hydrogen-bond acceptors (Lipinski definition) is 5. The van der Waals surface area contributed by atoms with Crippen LogP contribution < -0.4 is 5.32 Å². The molecule has 6 nitrogen and oxygen atoms in total. The summed E-state index contributed by atoms with van der Waals surface area (Å²) in [6.45, 7) is 6.11. The molecule has 6 heteroatoms. The van der Waals surface area contributed by atoms with Crippen LogP contribution in [0.25, 0.3) is 0 Å². The quantitative estimate of drug-likeness (QED) is 0.150. The molecule has 0 aromatic heterocycles. The van der Waals surface area contributed by atoms with Crippen LogP contribution in [0.3, 0.4) is 0 Å². The Morgan fingerprint density at radius 2 is 1.55 bits per heavy atom. The average molecular weight is 472 g/mol. The highest BCUT2D eigenvalue weighted by molar-refractivity contribution is 5.70. The van der Waals surface area contributed by atoms with E-state index >= 15 is 0 Å². The van der Waals surface area contributed by atoms with Gasteiger partial charge in [0.15, 0.2) is 0 Å². The molecule has 0 radical (unpaired) electrons. The Balaban J connectivity index is 2.19. The summed E-state index contributed by atoms with van der Waals surface area (Å²) in [5.41, 5.74) is -0.763. The number of unbranched alkanes of at least 4 members (excludes halogenated alkanes) is 7. The lowest BCUT2D eigenvalue weighted by Gasteiger charge is -2.26. The minimum Gasteiger partial charge on any atom is -0.481 e. The molecule has 196 valence electrons. The molecule has 0 aliphatic heterocycles. The molecule has 1 saturated carbocycles. The summed E-state index contributed by atoms with van der Waals surface area (Å²) in [5, 5.41) is 44.4. The van der Waals surface area contributed by atoms with E-state index in [1.807, 2.05) is 0 Å². The van der Waals surface area contributed by atoms with Crippen molar-refractivity contribution in [3.8, 4) is 0 Å². The van der Waals surface area contributed by atoms with Crippen LogP contribution in [0, 0.1) is 11.8 Å². The molecule has 0 unspecified atom stereocenters. The number of aliphatic carboxylic acids is 1. The number of carbonyl (C=O) groups is 1. The largest absolute Gasteiger partial charge is 0.481 e. The van der Waals surface area contributed by atoms with Crippen LogP contribution in [0.1, 0.15) is 123 Å². The molecule has 0 bridgehead atoms. The van der Waals surface area contributed by atoms with Crippen molar-refractivity contribution in [2.24, 2.45) is 11.8 Å². The van der Waals surface area contributed by atoms with E-state index in [0.717, 1.165) is 77.3 Å². The molecular formula is C27H53NO5. The molecular weight excluding hydrogens is 418 g/mol. The molecule has 0 saturated heterocycles. The van der Waals surface area contributed by atoms with E-state index in [9.17, 15) is 25.2 Å². The minimum atomic E-state index is -0.940. The zero-order valence-electron chi connectivity index (χ0n) is 21.4. The first-order valence-electron chi connectivity index (χ1n) is 13.8. The molecule has 5 N–H and O–H groups in total. The van der Waals surface area contributed by atoms with Crippen molar-refractivity contribution >= 4 is 5.97 Å². The van der Waals surface area contributed by atoms with Gasteiger partial charge in [0, 0.05) is 0 Å². The molecule has 1 aliphatic carbocycles. The zero-order chi connectivity index (χ0) is 24.5. The van der Waals surface area contributed by atoms with Crippen molar-refractivity contribution in [1.29, 1.82) is 0 Å². The van der Waals surface area contributed by atoms with Gasteiger partial charge >= 0.3 is 5.97 Å². The van der Waals surface area contributed by atoms with Crippen molar-refractivity contribution < 1.29 is 25.2 Å². The molecule has 0 amide bonds. The summed E-state index contributed by atoms with van der Waals surface area (Å²) in [6, 6.07) is 0. The Bertz CT molecular complexity index is 503. The number of rotatable bonds is 21. The third-order valence-corrected chi connectivity index (χ3v) is 7.50. The standard InChI is InChI=1S/C27H53NO5/c1-3-5-6-7-10-13-23(29)14-11-8-9-12-15-24(26(31)32)25(30)17-19-27(33)18-16-22(20-27)21-28-4-2/h22-25,28-30,33H,3-21H2,1-2H3,(H,31,32)/t22-,23+,24+,25-,27-/m1/s1. The van der Waals surface area contributed by atoms with Gasteiger partial charge in [0.1, 0.15) is 0 Å². The summed E-state index contributed by atoms with van der Waals surface area (Å²) in [5.74, 6) is -1.24. The van der Waals surface area contributed by atoms with E-state index in [4.69, 9.17) is 0 Å². The molecule has 5 atom stereocenters. The van der Waals surface area contributed by atoms with Gasteiger partial charge in [0.25, 0.3) is 0 Å². The predicted molar refractivity (Wildman–Crippen MR) is 134 cm³/mol. The number of aliphatic hydroxyl groups excluding tert-OH is 2. The third kappa shape index (κ3) is 13.7. The highest BCUT2D eigenvalue weighted by Gasteiger charge is 2.38. The molecule has 0 aromatic rings. The summed E-state index contributed by atoms with van der Waals surface area (Å²) >= 11 is 0. The van der Waals surface area contributed by atoms with Gasteiger partial charge in [0.05, 0.1) is 23.7 Å². The Morgan fingerprint density at radius 3 is 2.12 bits per heavy atom. The zero-order valence-corrected chi connectivity index (χ0v) is 21.4. The van der Waals surface area contributed by atoms with Crippen molar-refractivity contribution in [2.75, 3.05) is 13.1 Å². The maximum atomic E-state index is 11.7. The molecule has 1 rings (SSSR count). The van der Waals surface area contributed by atoms with Crippen LogP contribution in [0.4, 0.5) is 0 Å². The fourth-order valence-corrected chi connectivity index (χ4v) is 5.29. The van der Waals surface area contributed by atoms with E-state index in [1.165, 1.54) is 25.7 Å². The van der Waals surface area contributed by atoms with Crippen LogP contribution in [-0.4, -0.2) is 57.3 Å². The number of hydrogen-bond donors (Lipinski definition) is 5. The van der Waals surface area contributed by atoms with Gasteiger partial charge in [-0.2, -0.15) is 0 Å². The first-order valence-corrected chi connectivity index (χ1v) is 13.8. The van der Waals surface area contributed by atoms with Gasteiger partial charge < -0.3 is 25.7 Å². The van der Waals surface area contributed by atoms with Crippen LogP contribution in [0.5, 0.6) is 0 Å². The lowest BCUT2D eigenvalue weighted by molar-refractivity contribution is -0.146. The molecule has 0 spiro atoms.